The number of rotatable bonds is 5. The van der Waals surface area contributed by atoms with E-state index in [0.717, 1.165) is 24.5 Å². The largest absolute Gasteiger partial charge is 0.296 e. The molecule has 1 heterocycles. The monoisotopic (exact) mass is 301 g/mol. The van der Waals surface area contributed by atoms with E-state index in [9.17, 15) is 8.42 Å². The van der Waals surface area contributed by atoms with Crippen LogP contribution in [0.2, 0.25) is 5.02 Å². The zero-order chi connectivity index (χ0) is 13.9. The molecule has 0 amide bonds. The van der Waals surface area contributed by atoms with Crippen LogP contribution in [0.1, 0.15) is 30.9 Å². The normalized spacial score (nSPS) is 20.8. The van der Waals surface area contributed by atoms with Crippen LogP contribution in [0.3, 0.4) is 0 Å². The van der Waals surface area contributed by atoms with Gasteiger partial charge in [-0.05, 0) is 50.0 Å². The lowest BCUT2D eigenvalue weighted by atomic mass is 10.0. The molecule has 0 aliphatic carbocycles. The van der Waals surface area contributed by atoms with E-state index in [4.69, 9.17) is 11.6 Å². The summed E-state index contributed by atoms with van der Waals surface area (Å²) in [7, 11) is -2.85. The molecular formula is C14H20ClNO2S. The molecule has 1 aliphatic heterocycles. The highest BCUT2D eigenvalue weighted by molar-refractivity contribution is 7.90. The fourth-order valence-electron chi connectivity index (χ4n) is 2.69. The van der Waals surface area contributed by atoms with Gasteiger partial charge in [-0.25, -0.2) is 8.42 Å². The first-order chi connectivity index (χ1) is 8.96. The van der Waals surface area contributed by atoms with Crippen molar-refractivity contribution in [1.29, 1.82) is 0 Å². The van der Waals surface area contributed by atoms with E-state index < -0.39 is 9.84 Å². The molecule has 1 aliphatic rings. The maximum absolute atomic E-state index is 11.2. The Morgan fingerprint density at radius 3 is 2.63 bits per heavy atom. The van der Waals surface area contributed by atoms with Gasteiger partial charge in [-0.2, -0.15) is 0 Å². The highest BCUT2D eigenvalue weighted by atomic mass is 35.5. The molecule has 1 atom stereocenters. The van der Waals surface area contributed by atoms with Crippen LogP contribution < -0.4 is 0 Å². The van der Waals surface area contributed by atoms with Crippen molar-refractivity contribution in [3.63, 3.8) is 0 Å². The first-order valence-corrected chi connectivity index (χ1v) is 9.07. The van der Waals surface area contributed by atoms with Crippen LogP contribution in [0, 0.1) is 0 Å². The molecule has 2 rings (SSSR count). The number of hydrogen-bond donors (Lipinski definition) is 0. The Morgan fingerprint density at radius 2 is 2.00 bits per heavy atom. The number of halogens is 1. The Balaban J connectivity index is 1.95. The van der Waals surface area contributed by atoms with Crippen molar-refractivity contribution in [2.75, 3.05) is 25.1 Å². The lowest BCUT2D eigenvalue weighted by Crippen LogP contribution is -2.25. The summed E-state index contributed by atoms with van der Waals surface area (Å²) in [6.45, 7) is 1.90. The molecule has 106 valence electrons. The molecule has 0 N–H and O–H groups in total. The summed E-state index contributed by atoms with van der Waals surface area (Å²) in [5.74, 6) is 0.275. The van der Waals surface area contributed by atoms with E-state index in [2.05, 4.69) is 17.0 Å². The van der Waals surface area contributed by atoms with Gasteiger partial charge in [0.2, 0.25) is 0 Å². The Hall–Kier alpha value is -0.580. The molecule has 0 saturated carbocycles. The fourth-order valence-corrected chi connectivity index (χ4v) is 3.47. The average Bonchev–Trinajstić information content (AvgIpc) is 2.77. The van der Waals surface area contributed by atoms with Crippen molar-refractivity contribution in [3.8, 4) is 0 Å². The third-order valence-corrected chi connectivity index (χ3v) is 4.86. The molecule has 0 radical (unpaired) electrons. The van der Waals surface area contributed by atoms with E-state index in [1.54, 1.807) is 0 Å². The van der Waals surface area contributed by atoms with Crippen molar-refractivity contribution in [2.24, 2.45) is 0 Å². The third kappa shape index (κ3) is 4.48. The van der Waals surface area contributed by atoms with E-state index >= 15 is 0 Å². The summed E-state index contributed by atoms with van der Waals surface area (Å²) >= 11 is 5.91. The van der Waals surface area contributed by atoms with Crippen LogP contribution in [0.5, 0.6) is 0 Å². The summed E-state index contributed by atoms with van der Waals surface area (Å²) in [6, 6.07) is 8.40. The van der Waals surface area contributed by atoms with Crippen molar-refractivity contribution in [3.05, 3.63) is 34.9 Å². The molecule has 0 aromatic heterocycles. The number of sulfone groups is 1. The van der Waals surface area contributed by atoms with Crippen LogP contribution in [-0.4, -0.2) is 38.4 Å². The molecule has 19 heavy (non-hydrogen) atoms. The minimum absolute atomic E-state index is 0.275. The second kappa shape index (κ2) is 6.25. The zero-order valence-electron chi connectivity index (χ0n) is 11.2. The van der Waals surface area contributed by atoms with Gasteiger partial charge >= 0.3 is 0 Å². The predicted molar refractivity (Wildman–Crippen MR) is 79.3 cm³/mol. The summed E-state index contributed by atoms with van der Waals surface area (Å²) in [4.78, 5) is 2.38. The van der Waals surface area contributed by atoms with Crippen molar-refractivity contribution < 1.29 is 8.42 Å². The average molecular weight is 302 g/mol. The summed E-state index contributed by atoms with van der Waals surface area (Å²) in [6.07, 6.45) is 4.32. The topological polar surface area (TPSA) is 37.4 Å². The molecule has 1 saturated heterocycles. The van der Waals surface area contributed by atoms with Gasteiger partial charge < -0.3 is 0 Å². The minimum atomic E-state index is -2.85. The van der Waals surface area contributed by atoms with Crippen LogP contribution >= 0.6 is 11.6 Å². The van der Waals surface area contributed by atoms with E-state index in [1.165, 1.54) is 18.2 Å². The zero-order valence-corrected chi connectivity index (χ0v) is 12.8. The fraction of sp³-hybridized carbons (Fsp3) is 0.571. The quantitative estimate of drug-likeness (QED) is 0.839. The molecule has 1 aromatic rings. The van der Waals surface area contributed by atoms with Crippen LogP contribution in [0.25, 0.3) is 0 Å². The predicted octanol–water partition coefficient (Wildman–Crippen LogP) is 2.91. The Bertz CT molecular complexity index is 513. The standard InChI is InChI=1S/C14H20ClNO2S/c1-19(17,18)11-3-10-16-9-2-4-14(16)12-5-7-13(15)8-6-12/h5-8,14H,2-4,9-11H2,1H3. The molecule has 5 heteroatoms. The van der Waals surface area contributed by atoms with Crippen LogP contribution in [0.4, 0.5) is 0 Å². The van der Waals surface area contributed by atoms with Gasteiger partial charge in [0.25, 0.3) is 0 Å². The molecule has 0 bridgehead atoms. The SMILES string of the molecule is CS(=O)(=O)CCCN1CCCC1c1ccc(Cl)cc1. The first-order valence-electron chi connectivity index (χ1n) is 6.63. The van der Waals surface area contributed by atoms with Gasteiger partial charge in [0.05, 0.1) is 5.75 Å². The minimum Gasteiger partial charge on any atom is -0.296 e. The van der Waals surface area contributed by atoms with Gasteiger partial charge in [0, 0.05) is 17.3 Å². The smallest absolute Gasteiger partial charge is 0.147 e. The van der Waals surface area contributed by atoms with E-state index in [0.29, 0.717) is 12.5 Å². The van der Waals surface area contributed by atoms with Gasteiger partial charge in [-0.15, -0.1) is 0 Å². The van der Waals surface area contributed by atoms with Crippen LogP contribution in [0.15, 0.2) is 24.3 Å². The summed E-state index contributed by atoms with van der Waals surface area (Å²) in [5.41, 5.74) is 1.28. The van der Waals surface area contributed by atoms with Crippen LogP contribution in [-0.2, 0) is 9.84 Å². The van der Waals surface area contributed by atoms with Crippen molar-refractivity contribution >= 4 is 21.4 Å². The number of hydrogen-bond acceptors (Lipinski definition) is 3. The molecule has 1 aromatic carbocycles. The number of nitrogens with zero attached hydrogens (tertiary/aromatic N) is 1. The lowest BCUT2D eigenvalue weighted by molar-refractivity contribution is 0.258. The summed E-state index contributed by atoms with van der Waals surface area (Å²) < 4.78 is 22.3. The Kier molecular flexibility index (Phi) is 4.87. The second-order valence-corrected chi connectivity index (χ2v) is 7.93. The third-order valence-electron chi connectivity index (χ3n) is 3.58. The maximum Gasteiger partial charge on any atom is 0.147 e. The first kappa shape index (κ1) is 14.8. The van der Waals surface area contributed by atoms with Gasteiger partial charge in [0.15, 0.2) is 0 Å². The van der Waals surface area contributed by atoms with Gasteiger partial charge in [0.1, 0.15) is 9.84 Å². The van der Waals surface area contributed by atoms with Gasteiger partial charge in [-0.3, -0.25) is 4.90 Å². The number of likely N-dealkylation sites (tertiary alicyclic amines) is 1. The number of benzene rings is 1. The van der Waals surface area contributed by atoms with Crippen molar-refractivity contribution in [2.45, 2.75) is 25.3 Å². The maximum atomic E-state index is 11.2. The van der Waals surface area contributed by atoms with Gasteiger partial charge in [-0.1, -0.05) is 23.7 Å². The molecular weight excluding hydrogens is 282 g/mol. The summed E-state index contributed by atoms with van der Waals surface area (Å²) in [5, 5.41) is 0.755. The van der Waals surface area contributed by atoms with Crippen molar-refractivity contribution in [1.82, 2.24) is 4.90 Å². The molecule has 1 unspecified atom stereocenters. The highest BCUT2D eigenvalue weighted by Gasteiger charge is 2.25. The molecule has 0 spiro atoms. The molecule has 1 fully saturated rings. The Labute approximate surface area is 120 Å². The highest BCUT2D eigenvalue weighted by Crippen LogP contribution is 2.32. The second-order valence-electron chi connectivity index (χ2n) is 5.23. The molecule has 3 nitrogen and oxygen atoms in total. The lowest BCUT2D eigenvalue weighted by Gasteiger charge is -2.24. The van der Waals surface area contributed by atoms with E-state index in [1.807, 2.05) is 12.1 Å². The van der Waals surface area contributed by atoms with E-state index in [-0.39, 0.29) is 5.75 Å². The Morgan fingerprint density at radius 1 is 1.32 bits per heavy atom.